The van der Waals surface area contributed by atoms with Gasteiger partial charge in [-0.25, -0.2) is 4.39 Å². The smallest absolute Gasteiger partial charge is 0.237 e. The number of nitrogens with one attached hydrogen (secondary N) is 2. The molecule has 0 saturated carbocycles. The highest BCUT2D eigenvalue weighted by Gasteiger charge is 2.28. The largest absolute Gasteiger partial charge is 0.355 e. The number of carbonyl (C=O) groups excluding carboxylic acids is 1. The Bertz CT molecular complexity index is 163. The van der Waals surface area contributed by atoms with E-state index in [1.165, 1.54) is 0 Å². The standard InChI is InChI=1S/C8H15FN2O/c1-2-3-10-8(12)7-4-6(9)5-11-7/h6-7,11H,2-5H2,1H3,(H,10,12). The first-order valence-corrected chi connectivity index (χ1v) is 4.39. The Kier molecular flexibility index (Phi) is 3.47. The van der Waals surface area contributed by atoms with Crippen LogP contribution in [0.1, 0.15) is 19.8 Å². The van der Waals surface area contributed by atoms with Gasteiger partial charge in [0.25, 0.3) is 0 Å². The van der Waals surface area contributed by atoms with E-state index < -0.39 is 6.17 Å². The molecule has 3 nitrogen and oxygen atoms in total. The zero-order valence-corrected chi connectivity index (χ0v) is 7.27. The summed E-state index contributed by atoms with van der Waals surface area (Å²) in [6.45, 7) is 2.97. The third-order valence-corrected chi connectivity index (χ3v) is 1.94. The molecule has 1 aliphatic rings. The number of amides is 1. The van der Waals surface area contributed by atoms with Crippen LogP contribution in [0.15, 0.2) is 0 Å². The van der Waals surface area contributed by atoms with Gasteiger partial charge < -0.3 is 10.6 Å². The van der Waals surface area contributed by atoms with Gasteiger partial charge in [-0.3, -0.25) is 4.79 Å². The SMILES string of the molecule is CCCNC(=O)C1CC(F)CN1. The molecule has 0 aliphatic carbocycles. The minimum atomic E-state index is -0.859. The first kappa shape index (κ1) is 9.45. The van der Waals surface area contributed by atoms with Gasteiger partial charge in [0.2, 0.25) is 5.91 Å². The normalized spacial score (nSPS) is 28.8. The predicted octanol–water partition coefficient (Wildman–Crippen LogP) is 0.213. The van der Waals surface area contributed by atoms with Crippen LogP contribution in [0.2, 0.25) is 0 Å². The van der Waals surface area contributed by atoms with E-state index in [0.29, 0.717) is 19.5 Å². The fraction of sp³-hybridized carbons (Fsp3) is 0.875. The summed E-state index contributed by atoms with van der Waals surface area (Å²) in [6, 6.07) is -0.313. The second-order valence-electron chi connectivity index (χ2n) is 3.08. The molecule has 1 aliphatic heterocycles. The molecule has 1 saturated heterocycles. The number of alkyl halides is 1. The van der Waals surface area contributed by atoms with Crippen molar-refractivity contribution in [2.45, 2.75) is 32.0 Å². The lowest BCUT2D eigenvalue weighted by Gasteiger charge is -2.09. The lowest BCUT2D eigenvalue weighted by molar-refractivity contribution is -0.122. The van der Waals surface area contributed by atoms with E-state index in [9.17, 15) is 9.18 Å². The van der Waals surface area contributed by atoms with E-state index in [0.717, 1.165) is 6.42 Å². The minimum absolute atomic E-state index is 0.0722. The first-order valence-electron chi connectivity index (χ1n) is 4.39. The van der Waals surface area contributed by atoms with Gasteiger partial charge in [-0.15, -0.1) is 0 Å². The molecule has 2 unspecified atom stereocenters. The van der Waals surface area contributed by atoms with E-state index in [2.05, 4.69) is 10.6 Å². The van der Waals surface area contributed by atoms with Crippen molar-refractivity contribution < 1.29 is 9.18 Å². The zero-order valence-electron chi connectivity index (χ0n) is 7.27. The van der Waals surface area contributed by atoms with Crippen molar-refractivity contribution in [3.05, 3.63) is 0 Å². The first-order chi connectivity index (χ1) is 5.74. The fourth-order valence-electron chi connectivity index (χ4n) is 1.26. The van der Waals surface area contributed by atoms with Crippen molar-refractivity contribution in [1.29, 1.82) is 0 Å². The van der Waals surface area contributed by atoms with Crippen molar-refractivity contribution in [1.82, 2.24) is 10.6 Å². The van der Waals surface area contributed by atoms with E-state index in [1.54, 1.807) is 0 Å². The van der Waals surface area contributed by atoms with Crippen LogP contribution in [-0.4, -0.2) is 31.2 Å². The second kappa shape index (κ2) is 4.40. The van der Waals surface area contributed by atoms with Crippen LogP contribution in [0.25, 0.3) is 0 Å². The molecule has 12 heavy (non-hydrogen) atoms. The maximum atomic E-state index is 12.6. The number of carbonyl (C=O) groups is 1. The molecule has 1 heterocycles. The molecule has 0 bridgehead atoms. The van der Waals surface area contributed by atoms with Crippen LogP contribution in [0.4, 0.5) is 4.39 Å². The van der Waals surface area contributed by atoms with Gasteiger partial charge in [-0.1, -0.05) is 6.92 Å². The number of rotatable bonds is 3. The van der Waals surface area contributed by atoms with Gasteiger partial charge in [-0.2, -0.15) is 0 Å². The van der Waals surface area contributed by atoms with Crippen molar-refractivity contribution in [2.75, 3.05) is 13.1 Å². The van der Waals surface area contributed by atoms with Crippen molar-refractivity contribution >= 4 is 5.91 Å². The maximum absolute atomic E-state index is 12.6. The Morgan fingerprint density at radius 3 is 3.00 bits per heavy atom. The van der Waals surface area contributed by atoms with Crippen LogP contribution in [0, 0.1) is 0 Å². The van der Waals surface area contributed by atoms with Crippen molar-refractivity contribution in [3.63, 3.8) is 0 Å². The molecule has 4 heteroatoms. The summed E-state index contributed by atoms with van der Waals surface area (Å²) in [5.41, 5.74) is 0. The molecule has 0 spiro atoms. The third-order valence-electron chi connectivity index (χ3n) is 1.94. The molecule has 1 rings (SSSR count). The molecule has 0 aromatic heterocycles. The molecule has 70 valence electrons. The average Bonchev–Trinajstić information content (AvgIpc) is 2.47. The lowest BCUT2D eigenvalue weighted by atomic mass is 10.2. The van der Waals surface area contributed by atoms with Gasteiger partial charge in [0.1, 0.15) is 6.17 Å². The van der Waals surface area contributed by atoms with Crippen LogP contribution in [-0.2, 0) is 4.79 Å². The van der Waals surface area contributed by atoms with Gasteiger partial charge in [0.15, 0.2) is 0 Å². The molecule has 2 N–H and O–H groups in total. The lowest BCUT2D eigenvalue weighted by Crippen LogP contribution is -2.40. The summed E-state index contributed by atoms with van der Waals surface area (Å²) in [5, 5.41) is 5.55. The summed E-state index contributed by atoms with van der Waals surface area (Å²) in [6.07, 6.45) is 0.370. The number of hydrogen-bond acceptors (Lipinski definition) is 2. The Hall–Kier alpha value is -0.640. The second-order valence-corrected chi connectivity index (χ2v) is 3.08. The summed E-state index contributed by atoms with van der Waals surface area (Å²) in [4.78, 5) is 11.2. The van der Waals surface area contributed by atoms with E-state index >= 15 is 0 Å². The topological polar surface area (TPSA) is 41.1 Å². The van der Waals surface area contributed by atoms with Crippen LogP contribution in [0.3, 0.4) is 0 Å². The summed E-state index contributed by atoms with van der Waals surface area (Å²) in [5.74, 6) is -0.0722. The van der Waals surface area contributed by atoms with Crippen molar-refractivity contribution in [2.24, 2.45) is 0 Å². The van der Waals surface area contributed by atoms with Crippen LogP contribution in [0.5, 0.6) is 0 Å². The zero-order chi connectivity index (χ0) is 8.97. The van der Waals surface area contributed by atoms with Crippen LogP contribution >= 0.6 is 0 Å². The highest BCUT2D eigenvalue weighted by atomic mass is 19.1. The molecule has 0 radical (unpaired) electrons. The van der Waals surface area contributed by atoms with E-state index in [1.807, 2.05) is 6.92 Å². The molecule has 1 amide bonds. The van der Waals surface area contributed by atoms with E-state index in [4.69, 9.17) is 0 Å². The predicted molar refractivity (Wildman–Crippen MR) is 44.6 cm³/mol. The summed E-state index contributed by atoms with van der Waals surface area (Å²) < 4.78 is 12.6. The minimum Gasteiger partial charge on any atom is -0.355 e. The number of hydrogen-bond donors (Lipinski definition) is 2. The molecular formula is C8H15FN2O. The Morgan fingerprint density at radius 2 is 2.50 bits per heavy atom. The fourth-order valence-corrected chi connectivity index (χ4v) is 1.26. The molecule has 0 aromatic carbocycles. The molecule has 2 atom stereocenters. The van der Waals surface area contributed by atoms with Gasteiger partial charge in [0.05, 0.1) is 6.04 Å². The van der Waals surface area contributed by atoms with Gasteiger partial charge >= 0.3 is 0 Å². The Morgan fingerprint density at radius 1 is 1.75 bits per heavy atom. The highest BCUT2D eigenvalue weighted by Crippen LogP contribution is 2.09. The maximum Gasteiger partial charge on any atom is 0.237 e. The molecule has 1 fully saturated rings. The van der Waals surface area contributed by atoms with Crippen LogP contribution < -0.4 is 10.6 Å². The number of halogens is 1. The van der Waals surface area contributed by atoms with Gasteiger partial charge in [-0.05, 0) is 6.42 Å². The average molecular weight is 174 g/mol. The Balaban J connectivity index is 2.23. The van der Waals surface area contributed by atoms with E-state index in [-0.39, 0.29) is 11.9 Å². The van der Waals surface area contributed by atoms with Gasteiger partial charge in [0, 0.05) is 19.5 Å². The van der Waals surface area contributed by atoms with Crippen molar-refractivity contribution in [3.8, 4) is 0 Å². The molecular weight excluding hydrogens is 159 g/mol. The highest BCUT2D eigenvalue weighted by molar-refractivity contribution is 5.82. The Labute approximate surface area is 71.7 Å². The summed E-state index contributed by atoms with van der Waals surface area (Å²) in [7, 11) is 0. The quantitative estimate of drug-likeness (QED) is 0.642. The summed E-state index contributed by atoms with van der Waals surface area (Å²) >= 11 is 0. The molecule has 0 aromatic rings. The monoisotopic (exact) mass is 174 g/mol. The third kappa shape index (κ3) is 2.44.